The van der Waals surface area contributed by atoms with Gasteiger partial charge in [-0.1, -0.05) is 72.6 Å². The monoisotopic (exact) mass is 269 g/mol. The van der Waals surface area contributed by atoms with E-state index in [2.05, 4.69) is 33.0 Å². The highest BCUT2D eigenvalue weighted by molar-refractivity contribution is 4.63. The molecule has 1 N–H and O–H groups in total. The van der Waals surface area contributed by atoms with Gasteiger partial charge in [-0.2, -0.15) is 0 Å². The SMILES string of the molecule is CCCCCC(CCC)CNCCCCCC(C)C. The number of rotatable bonds is 14. The summed E-state index contributed by atoms with van der Waals surface area (Å²) in [6.07, 6.45) is 13.9. The van der Waals surface area contributed by atoms with Crippen molar-refractivity contribution in [1.29, 1.82) is 0 Å². The number of nitrogens with one attached hydrogen (secondary N) is 1. The van der Waals surface area contributed by atoms with E-state index in [9.17, 15) is 0 Å². The quantitative estimate of drug-likeness (QED) is 0.394. The second-order valence-corrected chi connectivity index (χ2v) is 6.60. The van der Waals surface area contributed by atoms with Crippen LogP contribution < -0.4 is 5.32 Å². The molecular weight excluding hydrogens is 230 g/mol. The van der Waals surface area contributed by atoms with E-state index in [1.54, 1.807) is 0 Å². The molecule has 0 amide bonds. The van der Waals surface area contributed by atoms with E-state index >= 15 is 0 Å². The molecule has 1 nitrogen and oxygen atoms in total. The molecule has 0 bridgehead atoms. The molecule has 1 atom stereocenters. The lowest BCUT2D eigenvalue weighted by molar-refractivity contribution is 0.394. The van der Waals surface area contributed by atoms with Crippen LogP contribution in [0.2, 0.25) is 0 Å². The zero-order valence-electron chi connectivity index (χ0n) is 14.1. The van der Waals surface area contributed by atoms with Gasteiger partial charge in [0, 0.05) is 0 Å². The second-order valence-electron chi connectivity index (χ2n) is 6.60. The summed E-state index contributed by atoms with van der Waals surface area (Å²) in [5, 5.41) is 3.69. The summed E-state index contributed by atoms with van der Waals surface area (Å²) in [7, 11) is 0. The Labute approximate surface area is 122 Å². The van der Waals surface area contributed by atoms with E-state index in [0.29, 0.717) is 0 Å². The lowest BCUT2D eigenvalue weighted by atomic mass is 9.96. The summed E-state index contributed by atoms with van der Waals surface area (Å²) in [6.45, 7) is 11.7. The van der Waals surface area contributed by atoms with Gasteiger partial charge in [-0.25, -0.2) is 0 Å². The van der Waals surface area contributed by atoms with Crippen LogP contribution in [0.5, 0.6) is 0 Å². The Hall–Kier alpha value is -0.0400. The van der Waals surface area contributed by atoms with Crippen molar-refractivity contribution in [3.63, 3.8) is 0 Å². The predicted octanol–water partition coefficient (Wildman–Crippen LogP) is 5.79. The molecule has 0 saturated carbocycles. The maximum atomic E-state index is 3.69. The highest BCUT2D eigenvalue weighted by Gasteiger charge is 2.06. The van der Waals surface area contributed by atoms with Crippen LogP contribution >= 0.6 is 0 Å². The van der Waals surface area contributed by atoms with Crippen molar-refractivity contribution in [2.75, 3.05) is 13.1 Å². The molecule has 116 valence electrons. The molecular formula is C18H39N. The van der Waals surface area contributed by atoms with Crippen LogP contribution in [0.4, 0.5) is 0 Å². The Kier molecular flexibility index (Phi) is 14.3. The molecule has 0 aliphatic heterocycles. The zero-order chi connectivity index (χ0) is 14.3. The summed E-state index contributed by atoms with van der Waals surface area (Å²) in [4.78, 5) is 0. The largest absolute Gasteiger partial charge is 0.316 e. The van der Waals surface area contributed by atoms with Gasteiger partial charge in [0.25, 0.3) is 0 Å². The lowest BCUT2D eigenvalue weighted by Crippen LogP contribution is -2.24. The van der Waals surface area contributed by atoms with Gasteiger partial charge in [0.05, 0.1) is 0 Å². The fourth-order valence-electron chi connectivity index (χ4n) is 2.73. The van der Waals surface area contributed by atoms with E-state index in [4.69, 9.17) is 0 Å². The standard InChI is InChI=1S/C18H39N/c1-5-7-9-14-18(12-6-2)16-19-15-11-8-10-13-17(3)4/h17-19H,5-16H2,1-4H3. The van der Waals surface area contributed by atoms with Gasteiger partial charge in [0.15, 0.2) is 0 Å². The first-order valence-corrected chi connectivity index (χ1v) is 8.91. The number of hydrogen-bond donors (Lipinski definition) is 1. The molecule has 0 aliphatic rings. The van der Waals surface area contributed by atoms with Gasteiger partial charge in [-0.05, 0) is 44.2 Å². The van der Waals surface area contributed by atoms with Gasteiger partial charge in [-0.3, -0.25) is 0 Å². The van der Waals surface area contributed by atoms with E-state index in [-0.39, 0.29) is 0 Å². The molecule has 1 unspecified atom stereocenters. The van der Waals surface area contributed by atoms with Gasteiger partial charge < -0.3 is 5.32 Å². The molecule has 0 rings (SSSR count). The molecule has 0 heterocycles. The van der Waals surface area contributed by atoms with Crippen molar-refractivity contribution in [2.45, 2.75) is 91.9 Å². The van der Waals surface area contributed by atoms with Crippen molar-refractivity contribution in [3.05, 3.63) is 0 Å². The molecule has 0 radical (unpaired) electrons. The first-order valence-electron chi connectivity index (χ1n) is 8.91. The van der Waals surface area contributed by atoms with Crippen molar-refractivity contribution in [3.8, 4) is 0 Å². The highest BCUT2D eigenvalue weighted by atomic mass is 14.8. The molecule has 0 saturated heterocycles. The lowest BCUT2D eigenvalue weighted by Gasteiger charge is -2.16. The van der Waals surface area contributed by atoms with E-state index in [1.807, 2.05) is 0 Å². The maximum absolute atomic E-state index is 3.69. The van der Waals surface area contributed by atoms with Crippen LogP contribution in [0.15, 0.2) is 0 Å². The minimum atomic E-state index is 0.875. The van der Waals surface area contributed by atoms with Crippen LogP contribution in [-0.4, -0.2) is 13.1 Å². The fraction of sp³-hybridized carbons (Fsp3) is 1.00. The normalized spacial score (nSPS) is 13.1. The molecule has 0 fully saturated rings. The molecule has 0 aliphatic carbocycles. The molecule has 0 aromatic carbocycles. The van der Waals surface area contributed by atoms with Crippen molar-refractivity contribution in [2.24, 2.45) is 11.8 Å². The summed E-state index contributed by atoms with van der Waals surface area (Å²) >= 11 is 0. The van der Waals surface area contributed by atoms with Crippen LogP contribution in [0.25, 0.3) is 0 Å². The van der Waals surface area contributed by atoms with Crippen LogP contribution in [0.3, 0.4) is 0 Å². The Morgan fingerprint density at radius 1 is 0.737 bits per heavy atom. The van der Waals surface area contributed by atoms with Crippen molar-refractivity contribution in [1.82, 2.24) is 5.32 Å². The first-order chi connectivity index (χ1) is 9.20. The fourth-order valence-corrected chi connectivity index (χ4v) is 2.73. The Bertz CT molecular complexity index is 165. The first kappa shape index (κ1) is 19.0. The molecule has 0 aromatic heterocycles. The molecule has 19 heavy (non-hydrogen) atoms. The highest BCUT2D eigenvalue weighted by Crippen LogP contribution is 2.15. The van der Waals surface area contributed by atoms with Gasteiger partial charge in [-0.15, -0.1) is 0 Å². The third-order valence-electron chi connectivity index (χ3n) is 3.98. The number of hydrogen-bond acceptors (Lipinski definition) is 1. The smallest absolute Gasteiger partial charge is 0.00205 e. The van der Waals surface area contributed by atoms with E-state index < -0.39 is 0 Å². The Balaban J connectivity index is 3.41. The van der Waals surface area contributed by atoms with E-state index in [0.717, 1.165) is 11.8 Å². The molecule has 1 heteroatoms. The van der Waals surface area contributed by atoms with Crippen LogP contribution in [0.1, 0.15) is 91.9 Å². The molecule has 0 aromatic rings. The number of unbranched alkanes of at least 4 members (excludes halogenated alkanes) is 4. The average Bonchev–Trinajstić information content (AvgIpc) is 2.37. The third-order valence-corrected chi connectivity index (χ3v) is 3.98. The summed E-state index contributed by atoms with van der Waals surface area (Å²) in [5.74, 6) is 1.80. The summed E-state index contributed by atoms with van der Waals surface area (Å²) in [5.41, 5.74) is 0. The summed E-state index contributed by atoms with van der Waals surface area (Å²) in [6, 6.07) is 0. The topological polar surface area (TPSA) is 12.0 Å². The second kappa shape index (κ2) is 14.4. The summed E-state index contributed by atoms with van der Waals surface area (Å²) < 4.78 is 0. The Morgan fingerprint density at radius 3 is 2.11 bits per heavy atom. The predicted molar refractivity (Wildman–Crippen MR) is 88.7 cm³/mol. The van der Waals surface area contributed by atoms with Crippen molar-refractivity contribution < 1.29 is 0 Å². The van der Waals surface area contributed by atoms with Gasteiger partial charge in [0.1, 0.15) is 0 Å². The minimum absolute atomic E-state index is 0.875. The third kappa shape index (κ3) is 14.2. The van der Waals surface area contributed by atoms with E-state index in [1.165, 1.54) is 77.3 Å². The zero-order valence-corrected chi connectivity index (χ0v) is 14.1. The Morgan fingerprint density at radius 2 is 1.47 bits per heavy atom. The van der Waals surface area contributed by atoms with Gasteiger partial charge in [0.2, 0.25) is 0 Å². The maximum Gasteiger partial charge on any atom is -0.00205 e. The van der Waals surface area contributed by atoms with Crippen LogP contribution in [-0.2, 0) is 0 Å². The van der Waals surface area contributed by atoms with Crippen LogP contribution in [0, 0.1) is 11.8 Å². The minimum Gasteiger partial charge on any atom is -0.316 e. The average molecular weight is 270 g/mol. The van der Waals surface area contributed by atoms with Crippen molar-refractivity contribution >= 4 is 0 Å². The molecule has 0 spiro atoms. The van der Waals surface area contributed by atoms with Gasteiger partial charge >= 0.3 is 0 Å².